The fourth-order valence-electron chi connectivity index (χ4n) is 3.66. The van der Waals surface area contributed by atoms with E-state index in [4.69, 9.17) is 16.3 Å². The molecule has 30 heavy (non-hydrogen) atoms. The van der Waals surface area contributed by atoms with Crippen LogP contribution in [-0.2, 0) is 27.6 Å². The van der Waals surface area contributed by atoms with Gasteiger partial charge in [0.25, 0.3) is 5.91 Å². The molecule has 1 amide bonds. The maximum atomic E-state index is 13.3. The molecule has 7 heteroatoms. The minimum absolute atomic E-state index is 0.00143. The summed E-state index contributed by atoms with van der Waals surface area (Å²) in [7, 11) is -3.12. The molecule has 0 N–H and O–H groups in total. The maximum absolute atomic E-state index is 13.3. The first kappa shape index (κ1) is 22.6. The van der Waals surface area contributed by atoms with E-state index in [1.807, 2.05) is 31.2 Å². The van der Waals surface area contributed by atoms with E-state index in [9.17, 15) is 13.2 Å². The molecule has 0 saturated carbocycles. The Hall–Kier alpha value is -2.05. The van der Waals surface area contributed by atoms with Crippen molar-refractivity contribution in [3.05, 3.63) is 64.2 Å². The molecule has 3 rings (SSSR count). The van der Waals surface area contributed by atoms with Crippen molar-refractivity contribution in [3.63, 3.8) is 0 Å². The van der Waals surface area contributed by atoms with Crippen LogP contribution in [0.15, 0.2) is 42.5 Å². The number of amides is 1. The van der Waals surface area contributed by atoms with E-state index in [2.05, 4.69) is 6.92 Å². The zero-order valence-electron chi connectivity index (χ0n) is 17.6. The maximum Gasteiger partial charge on any atom is 0.263 e. The van der Waals surface area contributed by atoms with Crippen LogP contribution < -0.4 is 4.74 Å². The molecule has 0 aliphatic carbocycles. The Bertz CT molecular complexity index is 1000. The molecule has 2 aromatic rings. The van der Waals surface area contributed by atoms with E-state index in [-0.39, 0.29) is 23.5 Å². The van der Waals surface area contributed by atoms with Crippen LogP contribution in [0.25, 0.3) is 0 Å². The van der Waals surface area contributed by atoms with Gasteiger partial charge < -0.3 is 9.64 Å². The molecule has 0 bridgehead atoms. The SMILES string of the molecule is CCc1ccc(CN(C(=O)[C@H](C)Oc2ccc(Cl)c(C)c2)[C@@H]2CCS(=O)(=O)C2)cc1. The van der Waals surface area contributed by atoms with E-state index < -0.39 is 15.9 Å². The molecule has 1 fully saturated rings. The zero-order chi connectivity index (χ0) is 21.9. The number of benzene rings is 2. The van der Waals surface area contributed by atoms with E-state index in [1.165, 1.54) is 5.56 Å². The number of sulfone groups is 1. The molecule has 5 nitrogen and oxygen atoms in total. The van der Waals surface area contributed by atoms with E-state index in [0.29, 0.717) is 23.7 Å². The van der Waals surface area contributed by atoms with Gasteiger partial charge in [-0.3, -0.25) is 4.79 Å². The molecule has 162 valence electrons. The van der Waals surface area contributed by atoms with Gasteiger partial charge in [-0.15, -0.1) is 0 Å². The van der Waals surface area contributed by atoms with Crippen molar-refractivity contribution in [2.24, 2.45) is 0 Å². The number of hydrogen-bond acceptors (Lipinski definition) is 4. The average Bonchev–Trinajstić information content (AvgIpc) is 3.08. The van der Waals surface area contributed by atoms with Gasteiger partial charge >= 0.3 is 0 Å². The Morgan fingerprint density at radius 1 is 1.20 bits per heavy atom. The van der Waals surface area contributed by atoms with Gasteiger partial charge in [-0.25, -0.2) is 8.42 Å². The number of hydrogen-bond donors (Lipinski definition) is 0. The Balaban J connectivity index is 1.80. The van der Waals surface area contributed by atoms with Crippen molar-refractivity contribution in [3.8, 4) is 5.75 Å². The quantitative estimate of drug-likeness (QED) is 0.635. The van der Waals surface area contributed by atoms with Crippen molar-refractivity contribution in [2.75, 3.05) is 11.5 Å². The number of carbonyl (C=O) groups excluding carboxylic acids is 1. The number of ether oxygens (including phenoxy) is 1. The monoisotopic (exact) mass is 449 g/mol. The Morgan fingerprint density at radius 3 is 2.43 bits per heavy atom. The number of halogens is 1. The first-order valence-electron chi connectivity index (χ1n) is 10.2. The van der Waals surface area contributed by atoms with Gasteiger partial charge in [0.1, 0.15) is 5.75 Å². The molecule has 0 unspecified atom stereocenters. The Morgan fingerprint density at radius 2 is 1.87 bits per heavy atom. The van der Waals surface area contributed by atoms with Crippen molar-refractivity contribution in [2.45, 2.75) is 52.3 Å². The lowest BCUT2D eigenvalue weighted by atomic mass is 10.1. The molecule has 2 aromatic carbocycles. The van der Waals surface area contributed by atoms with Gasteiger partial charge in [0.15, 0.2) is 15.9 Å². The summed E-state index contributed by atoms with van der Waals surface area (Å²) in [6, 6.07) is 13.0. The standard InChI is InChI=1S/C23H28ClNO4S/c1-4-18-5-7-19(8-6-18)14-25(20-11-12-30(27,28)15-20)23(26)17(3)29-21-9-10-22(24)16(2)13-21/h5-10,13,17,20H,4,11-12,14-15H2,1-3H3/t17-,20+/m0/s1. The molecular formula is C23H28ClNO4S. The first-order chi connectivity index (χ1) is 14.2. The van der Waals surface area contributed by atoms with Crippen molar-refractivity contribution in [1.29, 1.82) is 0 Å². The predicted molar refractivity (Wildman–Crippen MR) is 120 cm³/mol. The normalized spacial score (nSPS) is 18.7. The van der Waals surface area contributed by atoms with E-state index >= 15 is 0 Å². The molecule has 1 aliphatic rings. The second kappa shape index (κ2) is 9.40. The average molecular weight is 450 g/mol. The molecule has 0 spiro atoms. The third-order valence-corrected chi connectivity index (χ3v) is 7.68. The highest BCUT2D eigenvalue weighted by Gasteiger charge is 2.36. The van der Waals surface area contributed by atoms with Gasteiger partial charge in [-0.1, -0.05) is 42.8 Å². The lowest BCUT2D eigenvalue weighted by molar-refractivity contribution is -0.140. The summed E-state index contributed by atoms with van der Waals surface area (Å²) in [4.78, 5) is 15.0. The fraction of sp³-hybridized carbons (Fsp3) is 0.435. The van der Waals surface area contributed by atoms with Gasteiger partial charge in [-0.2, -0.15) is 0 Å². The summed E-state index contributed by atoms with van der Waals surface area (Å²) in [5.41, 5.74) is 3.05. The highest BCUT2D eigenvalue weighted by atomic mass is 35.5. The topological polar surface area (TPSA) is 63.7 Å². The molecule has 2 atom stereocenters. The van der Waals surface area contributed by atoms with Crippen molar-refractivity contribution in [1.82, 2.24) is 4.90 Å². The summed E-state index contributed by atoms with van der Waals surface area (Å²) in [5, 5.41) is 0.634. The summed E-state index contributed by atoms with van der Waals surface area (Å²) in [5.74, 6) is 0.453. The fourth-order valence-corrected chi connectivity index (χ4v) is 5.51. The molecule has 1 heterocycles. The van der Waals surface area contributed by atoms with Crippen LogP contribution in [0.1, 0.15) is 37.0 Å². The lowest BCUT2D eigenvalue weighted by Gasteiger charge is -2.31. The zero-order valence-corrected chi connectivity index (χ0v) is 19.2. The minimum atomic E-state index is -3.12. The number of rotatable bonds is 7. The van der Waals surface area contributed by atoms with Gasteiger partial charge in [-0.05, 0) is 61.6 Å². The minimum Gasteiger partial charge on any atom is -0.481 e. The summed E-state index contributed by atoms with van der Waals surface area (Å²) >= 11 is 6.07. The summed E-state index contributed by atoms with van der Waals surface area (Å²) < 4.78 is 30.0. The van der Waals surface area contributed by atoms with Crippen LogP contribution in [0.4, 0.5) is 0 Å². The molecule has 0 aromatic heterocycles. The van der Waals surface area contributed by atoms with Gasteiger partial charge in [0.2, 0.25) is 0 Å². The van der Waals surface area contributed by atoms with E-state index in [1.54, 1.807) is 30.0 Å². The highest BCUT2D eigenvalue weighted by molar-refractivity contribution is 7.91. The largest absolute Gasteiger partial charge is 0.481 e. The predicted octanol–water partition coefficient (Wildman–Crippen LogP) is 4.19. The third-order valence-electron chi connectivity index (χ3n) is 5.51. The lowest BCUT2D eigenvalue weighted by Crippen LogP contribution is -2.46. The summed E-state index contributed by atoms with van der Waals surface area (Å²) in [6.07, 6.45) is 0.645. The summed E-state index contributed by atoms with van der Waals surface area (Å²) in [6.45, 7) is 6.02. The van der Waals surface area contributed by atoms with Crippen LogP contribution in [0, 0.1) is 6.92 Å². The van der Waals surface area contributed by atoms with Gasteiger partial charge in [0, 0.05) is 17.6 Å². The molecule has 0 radical (unpaired) electrons. The first-order valence-corrected chi connectivity index (χ1v) is 12.4. The second-order valence-electron chi connectivity index (χ2n) is 7.86. The van der Waals surface area contributed by atoms with Crippen LogP contribution >= 0.6 is 11.6 Å². The van der Waals surface area contributed by atoms with Crippen LogP contribution in [0.3, 0.4) is 0 Å². The smallest absolute Gasteiger partial charge is 0.263 e. The van der Waals surface area contributed by atoms with Crippen LogP contribution in [-0.4, -0.2) is 42.9 Å². The van der Waals surface area contributed by atoms with Crippen LogP contribution in [0.2, 0.25) is 5.02 Å². The van der Waals surface area contributed by atoms with E-state index in [0.717, 1.165) is 17.5 Å². The second-order valence-corrected chi connectivity index (χ2v) is 10.5. The third kappa shape index (κ3) is 5.55. The number of carbonyl (C=O) groups is 1. The van der Waals surface area contributed by atoms with Crippen molar-refractivity contribution >= 4 is 27.3 Å². The molecule has 1 saturated heterocycles. The Labute approximate surface area is 183 Å². The van der Waals surface area contributed by atoms with Gasteiger partial charge in [0.05, 0.1) is 11.5 Å². The highest BCUT2D eigenvalue weighted by Crippen LogP contribution is 2.25. The Kier molecular flexibility index (Phi) is 7.09. The molecular weight excluding hydrogens is 422 g/mol. The van der Waals surface area contributed by atoms with Crippen molar-refractivity contribution < 1.29 is 17.9 Å². The number of aryl methyl sites for hydroxylation is 2. The number of nitrogens with zero attached hydrogens (tertiary/aromatic N) is 1. The van der Waals surface area contributed by atoms with Crippen LogP contribution in [0.5, 0.6) is 5.75 Å². The molecule has 1 aliphatic heterocycles.